The quantitative estimate of drug-likeness (QED) is 0.706. The van der Waals surface area contributed by atoms with Crippen molar-refractivity contribution < 1.29 is 9.59 Å². The third-order valence-electron chi connectivity index (χ3n) is 3.66. The average Bonchev–Trinajstić information content (AvgIpc) is 2.33. The summed E-state index contributed by atoms with van der Waals surface area (Å²) < 4.78 is 0. The van der Waals surface area contributed by atoms with E-state index in [2.05, 4.69) is 22.9 Å². The smallest absolute Gasteiger partial charge is 0.239 e. The van der Waals surface area contributed by atoms with Crippen LogP contribution in [0.25, 0.3) is 0 Å². The van der Waals surface area contributed by atoms with Crippen molar-refractivity contribution in [2.45, 2.75) is 47.0 Å². The molecule has 2 amide bonds. The molecule has 0 spiro atoms. The third kappa shape index (κ3) is 6.89. The highest BCUT2D eigenvalue weighted by Crippen LogP contribution is 2.26. The van der Waals surface area contributed by atoms with Crippen LogP contribution >= 0.6 is 0 Å². The van der Waals surface area contributed by atoms with E-state index in [0.717, 1.165) is 25.9 Å². The van der Waals surface area contributed by atoms with E-state index < -0.39 is 0 Å². The van der Waals surface area contributed by atoms with Gasteiger partial charge in [0.05, 0.1) is 6.54 Å². The van der Waals surface area contributed by atoms with Gasteiger partial charge in [0.15, 0.2) is 0 Å². The lowest BCUT2D eigenvalue weighted by atomic mass is 9.81. The van der Waals surface area contributed by atoms with Gasteiger partial charge in [-0.15, -0.1) is 0 Å². The zero-order valence-corrected chi connectivity index (χ0v) is 13.3. The molecule has 0 aromatic rings. The molecule has 0 unspecified atom stereocenters. The monoisotopic (exact) mass is 283 g/mol. The molecule has 1 saturated heterocycles. The van der Waals surface area contributed by atoms with E-state index in [-0.39, 0.29) is 29.2 Å². The second-order valence-corrected chi connectivity index (χ2v) is 7.35. The molecule has 5 nitrogen and oxygen atoms in total. The summed E-state index contributed by atoms with van der Waals surface area (Å²) in [6, 6.07) is 0. The summed E-state index contributed by atoms with van der Waals surface area (Å²) in [6.45, 7) is 11.0. The van der Waals surface area contributed by atoms with Crippen LogP contribution in [0, 0.1) is 10.8 Å². The van der Waals surface area contributed by atoms with Crippen molar-refractivity contribution >= 4 is 11.8 Å². The van der Waals surface area contributed by atoms with Crippen LogP contribution in [0.1, 0.15) is 47.0 Å². The molecular weight excluding hydrogens is 254 g/mol. The van der Waals surface area contributed by atoms with Gasteiger partial charge < -0.3 is 16.0 Å². The number of rotatable bonds is 5. The average molecular weight is 283 g/mol. The van der Waals surface area contributed by atoms with Crippen molar-refractivity contribution in [2.75, 3.05) is 26.2 Å². The van der Waals surface area contributed by atoms with Gasteiger partial charge in [-0.05, 0) is 36.8 Å². The van der Waals surface area contributed by atoms with Crippen LogP contribution in [0.2, 0.25) is 0 Å². The topological polar surface area (TPSA) is 70.2 Å². The molecule has 0 aromatic carbocycles. The third-order valence-corrected chi connectivity index (χ3v) is 3.66. The van der Waals surface area contributed by atoms with Crippen molar-refractivity contribution in [3.63, 3.8) is 0 Å². The highest BCUT2D eigenvalue weighted by atomic mass is 16.2. The predicted molar refractivity (Wildman–Crippen MR) is 80.3 cm³/mol. The molecular formula is C15H29N3O2. The van der Waals surface area contributed by atoms with Crippen LogP contribution in [-0.2, 0) is 9.59 Å². The summed E-state index contributed by atoms with van der Waals surface area (Å²) in [6.07, 6.45) is 2.58. The predicted octanol–water partition coefficient (Wildman–Crippen LogP) is 1.04. The lowest BCUT2D eigenvalue weighted by Gasteiger charge is -2.34. The van der Waals surface area contributed by atoms with Crippen molar-refractivity contribution in [3.05, 3.63) is 0 Å². The van der Waals surface area contributed by atoms with Gasteiger partial charge in [0.1, 0.15) is 0 Å². The highest BCUT2D eigenvalue weighted by molar-refractivity contribution is 5.84. The fourth-order valence-corrected chi connectivity index (χ4v) is 2.30. The van der Waals surface area contributed by atoms with Gasteiger partial charge in [0.25, 0.3) is 0 Å². The summed E-state index contributed by atoms with van der Waals surface area (Å²) in [5.41, 5.74) is 0.124. The Morgan fingerprint density at radius 3 is 2.25 bits per heavy atom. The van der Waals surface area contributed by atoms with Crippen LogP contribution in [0.4, 0.5) is 0 Å². The summed E-state index contributed by atoms with van der Waals surface area (Å²) in [5, 5.41) is 8.93. The van der Waals surface area contributed by atoms with Crippen LogP contribution in [0.5, 0.6) is 0 Å². The van der Waals surface area contributed by atoms with Gasteiger partial charge >= 0.3 is 0 Å². The molecule has 0 radical (unpaired) electrons. The molecule has 116 valence electrons. The van der Waals surface area contributed by atoms with E-state index >= 15 is 0 Å². The molecule has 1 fully saturated rings. The standard InChI is InChI=1S/C15H29N3O2/c1-14(2,3)9-12(19)17-10-13(20)18-11-15(4)5-7-16-8-6-15/h16H,5-11H2,1-4H3,(H,17,19)(H,18,20). The van der Waals surface area contributed by atoms with Crippen molar-refractivity contribution in [3.8, 4) is 0 Å². The van der Waals surface area contributed by atoms with Crippen LogP contribution in [0.15, 0.2) is 0 Å². The van der Waals surface area contributed by atoms with Gasteiger partial charge in [-0.2, -0.15) is 0 Å². The van der Waals surface area contributed by atoms with Gasteiger partial charge in [-0.25, -0.2) is 0 Å². The Kier molecular flexibility index (Phi) is 5.99. The Morgan fingerprint density at radius 1 is 1.10 bits per heavy atom. The maximum Gasteiger partial charge on any atom is 0.239 e. The zero-order chi connectivity index (χ0) is 15.2. The Bertz CT molecular complexity index is 342. The maximum atomic E-state index is 11.8. The molecule has 0 aliphatic carbocycles. The van der Waals surface area contributed by atoms with E-state index in [1.807, 2.05) is 20.8 Å². The Hall–Kier alpha value is -1.10. The largest absolute Gasteiger partial charge is 0.354 e. The first-order valence-electron chi connectivity index (χ1n) is 7.44. The minimum Gasteiger partial charge on any atom is -0.354 e. The lowest BCUT2D eigenvalue weighted by Crippen LogP contribution is -2.45. The molecule has 1 rings (SSSR count). The summed E-state index contributed by atoms with van der Waals surface area (Å²) in [5.74, 6) is -0.173. The first-order chi connectivity index (χ1) is 9.20. The van der Waals surface area contributed by atoms with Crippen LogP contribution in [0.3, 0.4) is 0 Å². The van der Waals surface area contributed by atoms with Crippen molar-refractivity contribution in [1.82, 2.24) is 16.0 Å². The molecule has 5 heteroatoms. The van der Waals surface area contributed by atoms with E-state index in [1.54, 1.807) is 0 Å². The normalized spacial score (nSPS) is 18.4. The Morgan fingerprint density at radius 2 is 1.70 bits per heavy atom. The first-order valence-corrected chi connectivity index (χ1v) is 7.44. The number of hydrogen-bond acceptors (Lipinski definition) is 3. The zero-order valence-electron chi connectivity index (χ0n) is 13.3. The summed E-state index contributed by atoms with van der Waals surface area (Å²) in [7, 11) is 0. The molecule has 20 heavy (non-hydrogen) atoms. The van der Waals surface area contributed by atoms with Gasteiger partial charge in [-0.1, -0.05) is 27.7 Å². The minimum absolute atomic E-state index is 0.0524. The number of carbonyl (C=O) groups excluding carboxylic acids is 2. The lowest BCUT2D eigenvalue weighted by molar-refractivity contribution is -0.127. The molecule has 1 aliphatic heterocycles. The molecule has 1 heterocycles. The number of nitrogens with one attached hydrogen (secondary N) is 3. The molecule has 1 aliphatic rings. The molecule has 0 saturated carbocycles. The fraction of sp³-hybridized carbons (Fsp3) is 0.867. The number of amides is 2. The molecule has 0 bridgehead atoms. The van der Waals surface area contributed by atoms with Gasteiger partial charge in [-0.3, -0.25) is 9.59 Å². The van der Waals surface area contributed by atoms with E-state index in [0.29, 0.717) is 13.0 Å². The Labute approximate surface area is 122 Å². The highest BCUT2D eigenvalue weighted by Gasteiger charge is 2.27. The van der Waals surface area contributed by atoms with E-state index in [9.17, 15) is 9.59 Å². The molecule has 3 N–H and O–H groups in total. The van der Waals surface area contributed by atoms with E-state index in [4.69, 9.17) is 0 Å². The molecule has 0 aromatic heterocycles. The Balaban J connectivity index is 2.22. The first kappa shape index (κ1) is 17.0. The fourth-order valence-electron chi connectivity index (χ4n) is 2.30. The van der Waals surface area contributed by atoms with Crippen molar-refractivity contribution in [2.24, 2.45) is 10.8 Å². The van der Waals surface area contributed by atoms with Gasteiger partial charge in [0, 0.05) is 13.0 Å². The maximum absolute atomic E-state index is 11.8. The SMILES string of the molecule is CC(C)(C)CC(=O)NCC(=O)NCC1(C)CCNCC1. The van der Waals surface area contributed by atoms with Gasteiger partial charge in [0.2, 0.25) is 11.8 Å². The number of piperidine rings is 1. The van der Waals surface area contributed by atoms with Crippen molar-refractivity contribution in [1.29, 1.82) is 0 Å². The summed E-state index contributed by atoms with van der Waals surface area (Å²) in [4.78, 5) is 23.4. The van der Waals surface area contributed by atoms with E-state index in [1.165, 1.54) is 0 Å². The van der Waals surface area contributed by atoms with Crippen LogP contribution < -0.4 is 16.0 Å². The molecule has 0 atom stereocenters. The number of carbonyl (C=O) groups is 2. The van der Waals surface area contributed by atoms with Crippen LogP contribution in [-0.4, -0.2) is 38.0 Å². The summed E-state index contributed by atoms with van der Waals surface area (Å²) >= 11 is 0. The second kappa shape index (κ2) is 7.07. The number of hydrogen-bond donors (Lipinski definition) is 3. The minimum atomic E-state index is -0.105. The second-order valence-electron chi connectivity index (χ2n) is 7.35.